The first-order chi connectivity index (χ1) is 8.74. The van der Waals surface area contributed by atoms with Crippen molar-refractivity contribution in [2.24, 2.45) is 0 Å². The average molecular weight is 255 g/mol. The molecule has 1 aromatic heterocycles. The fraction of sp³-hybridized carbons (Fsp3) is 0.833. The molecule has 1 aliphatic rings. The van der Waals surface area contributed by atoms with Crippen LogP contribution in [0.2, 0.25) is 0 Å². The maximum atomic E-state index is 5.38. The van der Waals surface area contributed by atoms with Crippen LogP contribution in [0.5, 0.6) is 0 Å². The largest absolute Gasteiger partial charge is 0.382 e. The van der Waals surface area contributed by atoms with E-state index in [0.29, 0.717) is 38.0 Å². The molecule has 0 radical (unpaired) electrons. The second kappa shape index (κ2) is 6.26. The molecule has 0 bridgehead atoms. The van der Waals surface area contributed by atoms with Gasteiger partial charge in [0.15, 0.2) is 5.82 Å². The van der Waals surface area contributed by atoms with E-state index < -0.39 is 0 Å². The van der Waals surface area contributed by atoms with E-state index in [1.54, 1.807) is 7.11 Å². The van der Waals surface area contributed by atoms with Gasteiger partial charge in [-0.15, -0.1) is 0 Å². The van der Waals surface area contributed by atoms with Crippen molar-refractivity contribution in [3.63, 3.8) is 0 Å². The molecule has 0 aromatic carbocycles. The van der Waals surface area contributed by atoms with Crippen molar-refractivity contribution >= 4 is 0 Å². The maximum Gasteiger partial charge on any atom is 0.246 e. The first kappa shape index (κ1) is 13.5. The monoisotopic (exact) mass is 255 g/mol. The van der Waals surface area contributed by atoms with E-state index in [9.17, 15) is 0 Å². The Morgan fingerprint density at radius 1 is 1.39 bits per heavy atom. The third-order valence-electron chi connectivity index (χ3n) is 3.21. The predicted octanol–water partition coefficient (Wildman–Crippen LogP) is 0.874. The Hall–Kier alpha value is -0.980. The second-order valence-corrected chi connectivity index (χ2v) is 4.73. The first-order valence-electron chi connectivity index (χ1n) is 6.39. The number of rotatable bonds is 7. The summed E-state index contributed by atoms with van der Waals surface area (Å²) < 4.78 is 15.6. The van der Waals surface area contributed by atoms with Crippen molar-refractivity contribution in [1.82, 2.24) is 15.5 Å². The lowest BCUT2D eigenvalue weighted by atomic mass is 10.0. The fourth-order valence-corrected chi connectivity index (χ4v) is 2.06. The van der Waals surface area contributed by atoms with Gasteiger partial charge < -0.3 is 19.3 Å². The van der Waals surface area contributed by atoms with Gasteiger partial charge in [-0.25, -0.2) is 0 Å². The molecule has 102 valence electrons. The molecule has 1 aromatic rings. The summed E-state index contributed by atoms with van der Waals surface area (Å²) in [5.41, 5.74) is -0.151. The zero-order chi connectivity index (χ0) is 12.8. The van der Waals surface area contributed by atoms with Crippen molar-refractivity contribution in [3.05, 3.63) is 11.7 Å². The summed E-state index contributed by atoms with van der Waals surface area (Å²) in [5.74, 6) is 1.39. The van der Waals surface area contributed by atoms with E-state index in [0.717, 1.165) is 19.4 Å². The Morgan fingerprint density at radius 3 is 3.00 bits per heavy atom. The maximum absolute atomic E-state index is 5.38. The van der Waals surface area contributed by atoms with Crippen LogP contribution in [0.3, 0.4) is 0 Å². The zero-order valence-electron chi connectivity index (χ0n) is 11.1. The van der Waals surface area contributed by atoms with Crippen LogP contribution in [0.4, 0.5) is 0 Å². The Labute approximate surface area is 107 Å². The molecule has 0 aliphatic carbocycles. The molecule has 1 aliphatic heterocycles. The second-order valence-electron chi connectivity index (χ2n) is 4.73. The summed E-state index contributed by atoms with van der Waals surface area (Å²) in [5, 5.41) is 7.39. The van der Waals surface area contributed by atoms with Gasteiger partial charge in [0.25, 0.3) is 0 Å². The van der Waals surface area contributed by atoms with Crippen LogP contribution in [-0.4, -0.2) is 43.6 Å². The van der Waals surface area contributed by atoms with Gasteiger partial charge in [0, 0.05) is 13.5 Å². The zero-order valence-corrected chi connectivity index (χ0v) is 11.1. The number of nitrogens with zero attached hydrogens (tertiary/aromatic N) is 2. The summed E-state index contributed by atoms with van der Waals surface area (Å²) in [4.78, 5) is 4.43. The van der Waals surface area contributed by atoms with E-state index in [2.05, 4.69) is 22.4 Å². The summed E-state index contributed by atoms with van der Waals surface area (Å²) >= 11 is 0. The van der Waals surface area contributed by atoms with Gasteiger partial charge in [-0.2, -0.15) is 4.98 Å². The molecule has 0 saturated carbocycles. The number of ether oxygens (including phenoxy) is 2. The Balaban J connectivity index is 1.79. The lowest BCUT2D eigenvalue weighted by molar-refractivity contribution is 0.0714. The van der Waals surface area contributed by atoms with E-state index in [1.807, 2.05) is 0 Å². The molecule has 6 nitrogen and oxygen atoms in total. The highest BCUT2D eigenvalue weighted by atomic mass is 16.5. The minimum atomic E-state index is -0.151. The van der Waals surface area contributed by atoms with E-state index in [1.165, 1.54) is 0 Å². The van der Waals surface area contributed by atoms with Crippen molar-refractivity contribution in [2.75, 3.05) is 33.5 Å². The van der Waals surface area contributed by atoms with Gasteiger partial charge >= 0.3 is 0 Å². The molecule has 0 spiro atoms. The van der Waals surface area contributed by atoms with E-state index >= 15 is 0 Å². The molecule has 2 rings (SSSR count). The van der Waals surface area contributed by atoms with Crippen LogP contribution in [0, 0.1) is 0 Å². The van der Waals surface area contributed by atoms with Crippen molar-refractivity contribution in [2.45, 2.75) is 31.7 Å². The third kappa shape index (κ3) is 3.28. The van der Waals surface area contributed by atoms with Crippen LogP contribution in [0.1, 0.15) is 31.5 Å². The smallest absolute Gasteiger partial charge is 0.246 e. The number of hydrogen-bond acceptors (Lipinski definition) is 6. The van der Waals surface area contributed by atoms with Crippen LogP contribution in [0.15, 0.2) is 4.52 Å². The highest BCUT2D eigenvalue weighted by molar-refractivity contribution is 5.04. The number of nitrogens with one attached hydrogen (secondary N) is 1. The lowest BCUT2D eigenvalue weighted by Gasteiger charge is -2.18. The van der Waals surface area contributed by atoms with Crippen molar-refractivity contribution < 1.29 is 14.0 Å². The topological polar surface area (TPSA) is 69.4 Å². The molecule has 2 heterocycles. The molecule has 18 heavy (non-hydrogen) atoms. The van der Waals surface area contributed by atoms with Gasteiger partial charge in [-0.1, -0.05) is 5.16 Å². The molecule has 0 amide bonds. The summed E-state index contributed by atoms with van der Waals surface area (Å²) in [7, 11) is 1.66. The highest BCUT2D eigenvalue weighted by Crippen LogP contribution is 2.28. The van der Waals surface area contributed by atoms with Gasteiger partial charge in [-0.05, 0) is 26.3 Å². The predicted molar refractivity (Wildman–Crippen MR) is 65.3 cm³/mol. The Kier molecular flexibility index (Phi) is 4.68. The fourth-order valence-electron chi connectivity index (χ4n) is 2.06. The van der Waals surface area contributed by atoms with Crippen LogP contribution in [-0.2, 0) is 21.4 Å². The SMILES string of the molecule is COCCOCCc1noc(C2(C)CCCN2)n1. The standard InChI is InChI=1S/C12H21N3O3/c1-12(5-3-6-13-12)11-14-10(15-18-11)4-7-17-9-8-16-2/h13H,3-9H2,1-2H3. The Morgan fingerprint density at radius 2 is 2.28 bits per heavy atom. The summed E-state index contributed by atoms with van der Waals surface area (Å²) in [6.45, 7) is 4.91. The molecule has 1 atom stereocenters. The highest BCUT2D eigenvalue weighted by Gasteiger charge is 2.35. The van der Waals surface area contributed by atoms with Crippen LogP contribution in [0.25, 0.3) is 0 Å². The van der Waals surface area contributed by atoms with Gasteiger partial charge in [0.2, 0.25) is 5.89 Å². The minimum absolute atomic E-state index is 0.151. The van der Waals surface area contributed by atoms with Crippen molar-refractivity contribution in [3.8, 4) is 0 Å². The molecule has 1 N–H and O–H groups in total. The quantitative estimate of drug-likeness (QED) is 0.729. The number of methoxy groups -OCH3 is 1. The normalized spacial score (nSPS) is 23.7. The molecular formula is C12H21N3O3. The lowest BCUT2D eigenvalue weighted by Crippen LogP contribution is -2.33. The molecule has 6 heteroatoms. The summed E-state index contributed by atoms with van der Waals surface area (Å²) in [6, 6.07) is 0. The van der Waals surface area contributed by atoms with Crippen LogP contribution < -0.4 is 5.32 Å². The minimum Gasteiger partial charge on any atom is -0.382 e. The van der Waals surface area contributed by atoms with Gasteiger partial charge in [0.05, 0.1) is 25.4 Å². The molecule has 1 saturated heterocycles. The third-order valence-corrected chi connectivity index (χ3v) is 3.21. The first-order valence-corrected chi connectivity index (χ1v) is 6.39. The molecular weight excluding hydrogens is 234 g/mol. The van der Waals surface area contributed by atoms with Gasteiger partial charge in [0.1, 0.15) is 0 Å². The molecule has 1 unspecified atom stereocenters. The Bertz CT molecular complexity index is 361. The number of aromatic nitrogens is 2. The van der Waals surface area contributed by atoms with E-state index in [4.69, 9.17) is 14.0 Å². The number of hydrogen-bond donors (Lipinski definition) is 1. The van der Waals surface area contributed by atoms with E-state index in [-0.39, 0.29) is 5.54 Å². The van der Waals surface area contributed by atoms with Crippen molar-refractivity contribution in [1.29, 1.82) is 0 Å². The average Bonchev–Trinajstić information content (AvgIpc) is 2.99. The van der Waals surface area contributed by atoms with Gasteiger partial charge in [-0.3, -0.25) is 0 Å². The summed E-state index contributed by atoms with van der Waals surface area (Å²) in [6.07, 6.45) is 2.86. The molecule has 1 fully saturated rings. The van der Waals surface area contributed by atoms with Crippen LogP contribution >= 0.6 is 0 Å².